The predicted molar refractivity (Wildman–Crippen MR) is 105 cm³/mol. The third kappa shape index (κ3) is 6.54. The van der Waals surface area contributed by atoms with Crippen molar-refractivity contribution in [2.24, 2.45) is 5.73 Å². The van der Waals surface area contributed by atoms with Gasteiger partial charge < -0.3 is 34.3 Å². The summed E-state index contributed by atoms with van der Waals surface area (Å²) in [6, 6.07) is 0. The van der Waals surface area contributed by atoms with E-state index >= 15 is 0 Å². The molecule has 0 aromatic rings. The van der Waals surface area contributed by atoms with Gasteiger partial charge in [0.05, 0.1) is 0 Å². The maximum atomic E-state index is 11.8. The number of allylic oxidation sites excluding steroid dienone is 1. The van der Waals surface area contributed by atoms with Gasteiger partial charge in [0.2, 0.25) is 5.91 Å². The number of carbonyl (C=O) groups excluding carboxylic acids is 5. The van der Waals surface area contributed by atoms with Crippen molar-refractivity contribution < 1.29 is 47.7 Å². The fraction of sp³-hybridized carbons (Fsp3) is 0.550. The van der Waals surface area contributed by atoms with Crippen LogP contribution in [0.25, 0.3) is 0 Å². The van der Waals surface area contributed by atoms with Gasteiger partial charge in [-0.05, 0) is 6.42 Å². The Morgan fingerprint density at radius 2 is 1.50 bits per heavy atom. The molecule has 2 rings (SSSR count). The molecule has 0 unspecified atom stereocenters. The van der Waals surface area contributed by atoms with Crippen molar-refractivity contribution in [1.29, 1.82) is 0 Å². The Balaban J connectivity index is 2.52. The summed E-state index contributed by atoms with van der Waals surface area (Å²) in [7, 11) is 0. The van der Waals surface area contributed by atoms with E-state index in [0.717, 1.165) is 20.8 Å². The molecule has 2 heterocycles. The van der Waals surface area contributed by atoms with Gasteiger partial charge in [-0.1, -0.05) is 6.08 Å². The zero-order valence-corrected chi connectivity index (χ0v) is 18.1. The largest absolute Gasteiger partial charge is 0.463 e. The molecule has 2 aliphatic rings. The highest BCUT2D eigenvalue weighted by atomic mass is 16.7. The van der Waals surface area contributed by atoms with E-state index in [4.69, 9.17) is 29.4 Å². The van der Waals surface area contributed by atoms with Crippen LogP contribution in [-0.4, -0.2) is 71.9 Å². The lowest BCUT2D eigenvalue weighted by molar-refractivity contribution is -0.269. The second-order valence-corrected chi connectivity index (χ2v) is 7.14. The third-order valence-electron chi connectivity index (χ3n) is 4.50. The fourth-order valence-electron chi connectivity index (χ4n) is 3.35. The van der Waals surface area contributed by atoms with Crippen molar-refractivity contribution in [3.8, 4) is 0 Å². The number of primary amides is 1. The van der Waals surface area contributed by atoms with Gasteiger partial charge in [0.15, 0.2) is 24.5 Å². The Hall–Kier alpha value is -3.41. The molecule has 2 aliphatic heterocycles. The van der Waals surface area contributed by atoms with Crippen molar-refractivity contribution in [3.63, 3.8) is 0 Å². The van der Waals surface area contributed by atoms with E-state index in [0.29, 0.717) is 0 Å². The number of amides is 1. The molecule has 32 heavy (non-hydrogen) atoms. The van der Waals surface area contributed by atoms with Crippen LogP contribution >= 0.6 is 0 Å². The predicted octanol–water partition coefficient (Wildman–Crippen LogP) is -0.342. The lowest BCUT2D eigenvalue weighted by Gasteiger charge is -2.47. The molecule has 1 amide bonds. The highest BCUT2D eigenvalue weighted by Gasteiger charge is 2.53. The van der Waals surface area contributed by atoms with Crippen molar-refractivity contribution in [3.05, 3.63) is 24.0 Å². The van der Waals surface area contributed by atoms with Gasteiger partial charge >= 0.3 is 23.9 Å². The molecule has 12 heteroatoms. The van der Waals surface area contributed by atoms with E-state index in [9.17, 15) is 24.0 Å². The number of carbonyl (C=O) groups is 5. The van der Waals surface area contributed by atoms with E-state index in [-0.39, 0.29) is 18.6 Å². The van der Waals surface area contributed by atoms with Crippen LogP contribution in [0.1, 0.15) is 34.1 Å². The highest BCUT2D eigenvalue weighted by Crippen LogP contribution is 2.32. The summed E-state index contributed by atoms with van der Waals surface area (Å²) in [5.41, 5.74) is 5.62. The molecule has 0 aromatic heterocycles. The summed E-state index contributed by atoms with van der Waals surface area (Å²) in [5.74, 6) is -3.46. The first-order valence-electron chi connectivity index (χ1n) is 9.74. The minimum atomic E-state index is -1.31. The molecular weight excluding hydrogens is 428 g/mol. The van der Waals surface area contributed by atoms with Gasteiger partial charge in [-0.3, -0.25) is 24.0 Å². The highest BCUT2D eigenvalue weighted by molar-refractivity contribution is 5.92. The molecule has 0 radical (unpaired) electrons. The molecule has 0 aromatic carbocycles. The van der Waals surface area contributed by atoms with Crippen LogP contribution in [0.5, 0.6) is 0 Å². The number of nitrogens with two attached hydrogens (primary N) is 1. The molecule has 1 fully saturated rings. The molecule has 5 atom stereocenters. The van der Waals surface area contributed by atoms with Crippen LogP contribution in [0.4, 0.5) is 0 Å². The third-order valence-corrected chi connectivity index (χ3v) is 4.50. The maximum absolute atomic E-state index is 11.8. The molecule has 2 N–H and O–H groups in total. The Kier molecular flexibility index (Phi) is 8.35. The van der Waals surface area contributed by atoms with E-state index in [1.165, 1.54) is 18.0 Å². The zero-order chi connectivity index (χ0) is 24.0. The van der Waals surface area contributed by atoms with Gasteiger partial charge in [0, 0.05) is 45.7 Å². The molecule has 176 valence electrons. The molecule has 1 saturated heterocycles. The van der Waals surface area contributed by atoms with Crippen LogP contribution in [0, 0.1) is 0 Å². The topological polar surface area (TPSA) is 161 Å². The van der Waals surface area contributed by atoms with Gasteiger partial charge in [-0.15, -0.1) is 0 Å². The molecule has 0 aliphatic carbocycles. The van der Waals surface area contributed by atoms with Gasteiger partial charge in [0.25, 0.3) is 0 Å². The quantitative estimate of drug-likeness (QED) is 0.396. The Morgan fingerprint density at radius 3 is 2.03 bits per heavy atom. The first-order valence-corrected chi connectivity index (χ1v) is 9.74. The zero-order valence-electron chi connectivity index (χ0n) is 18.1. The number of hydrogen-bond donors (Lipinski definition) is 1. The minimum absolute atomic E-state index is 0.250. The van der Waals surface area contributed by atoms with Crippen LogP contribution in [0.2, 0.25) is 0 Å². The summed E-state index contributed by atoms with van der Waals surface area (Å²) in [4.78, 5) is 59.9. The van der Waals surface area contributed by atoms with Crippen molar-refractivity contribution in [2.75, 3.05) is 6.61 Å². The van der Waals surface area contributed by atoms with Crippen molar-refractivity contribution in [1.82, 2.24) is 4.90 Å². The van der Waals surface area contributed by atoms with E-state index in [1.54, 1.807) is 12.3 Å². The fourth-order valence-corrected chi connectivity index (χ4v) is 3.35. The average molecular weight is 454 g/mol. The molecule has 0 bridgehead atoms. The maximum Gasteiger partial charge on any atom is 0.303 e. The Bertz CT molecular complexity index is 836. The van der Waals surface area contributed by atoms with Crippen LogP contribution in [-0.2, 0) is 47.7 Å². The lowest BCUT2D eigenvalue weighted by atomic mass is 9.96. The second-order valence-electron chi connectivity index (χ2n) is 7.14. The number of rotatable bonds is 7. The molecule has 0 saturated carbocycles. The van der Waals surface area contributed by atoms with Gasteiger partial charge in [-0.2, -0.15) is 0 Å². The number of esters is 4. The van der Waals surface area contributed by atoms with E-state index in [1.807, 2.05) is 0 Å². The number of hydrogen-bond acceptors (Lipinski definition) is 11. The summed E-state index contributed by atoms with van der Waals surface area (Å²) in [5, 5.41) is 0. The molecule has 0 spiro atoms. The van der Waals surface area contributed by atoms with Crippen LogP contribution in [0.15, 0.2) is 24.0 Å². The standard InChI is InChI=1S/C20H26N2O10/c1-10(23)28-9-15-16(29-11(2)24)17(30-12(3)25)18(31-13(4)26)20(32-15)22-7-5-6-14(8-22)19(21)27/h5,7-8,15-18,20H,6,9H2,1-4H3,(H2,21,27)/t15-,16-,17+,18-,20-/m1/s1. The summed E-state index contributed by atoms with van der Waals surface area (Å²) >= 11 is 0. The van der Waals surface area contributed by atoms with Crippen LogP contribution in [0.3, 0.4) is 0 Å². The normalized spacial score (nSPS) is 27.1. The smallest absolute Gasteiger partial charge is 0.303 e. The first-order chi connectivity index (χ1) is 15.0. The first kappa shape index (κ1) is 24.9. The number of ether oxygens (including phenoxy) is 5. The van der Waals surface area contributed by atoms with Gasteiger partial charge in [0.1, 0.15) is 12.7 Å². The van der Waals surface area contributed by atoms with Crippen molar-refractivity contribution in [2.45, 2.75) is 64.8 Å². The SMILES string of the molecule is CC(=O)OC[C@H]1O[C@@H](N2C=CCC(C(N)=O)=C2)[C@H](OC(C)=O)[C@@H](OC(C)=O)[C@@H]1OC(C)=O. The lowest BCUT2D eigenvalue weighted by Crippen LogP contribution is -2.65. The van der Waals surface area contributed by atoms with E-state index < -0.39 is 60.4 Å². The molecular formula is C20H26N2O10. The number of nitrogens with zero attached hydrogens (tertiary/aromatic N) is 1. The van der Waals surface area contributed by atoms with E-state index in [2.05, 4.69) is 0 Å². The average Bonchev–Trinajstić information content (AvgIpc) is 2.68. The minimum Gasteiger partial charge on any atom is -0.463 e. The molecule has 12 nitrogen and oxygen atoms in total. The van der Waals surface area contributed by atoms with Crippen molar-refractivity contribution >= 4 is 29.8 Å². The monoisotopic (exact) mass is 454 g/mol. The second kappa shape index (κ2) is 10.8. The van der Waals surface area contributed by atoms with Crippen LogP contribution < -0.4 is 5.73 Å². The summed E-state index contributed by atoms with van der Waals surface area (Å²) in [6.45, 7) is 4.24. The summed E-state index contributed by atoms with van der Waals surface area (Å²) < 4.78 is 27.1. The van der Waals surface area contributed by atoms with Gasteiger partial charge in [-0.25, -0.2) is 0 Å². The Labute approximate surface area is 184 Å². The Morgan fingerprint density at radius 1 is 0.938 bits per heavy atom. The summed E-state index contributed by atoms with van der Waals surface area (Å²) in [6.07, 6.45) is -1.19.